The number of hydrogen-bond donors (Lipinski definition) is 0. The smallest absolute Gasteiger partial charge is 0.0156 e. The average Bonchev–Trinajstić information content (AvgIpc) is 2.02. The first-order valence-corrected chi connectivity index (χ1v) is 5.32. The van der Waals surface area contributed by atoms with Crippen molar-refractivity contribution >= 4 is 0 Å². The molecule has 0 unspecified atom stereocenters. The van der Waals surface area contributed by atoms with Gasteiger partial charge in [-0.05, 0) is 36.2 Å². The molecule has 0 aliphatic heterocycles. The highest BCUT2D eigenvalue weighted by molar-refractivity contribution is 5.21. The molecule has 70 valence electrons. The molecule has 0 nitrogen and oxygen atoms in total. The molecule has 1 aromatic carbocycles. The van der Waals surface area contributed by atoms with Gasteiger partial charge in [0, 0.05) is 0 Å². The normalized spacial score (nSPS) is 27.3. The Morgan fingerprint density at radius 2 is 1.69 bits per heavy atom. The molecule has 0 heteroatoms. The van der Waals surface area contributed by atoms with Crippen LogP contribution in [0.5, 0.6) is 0 Å². The monoisotopic (exact) mass is 174 g/mol. The van der Waals surface area contributed by atoms with Gasteiger partial charge in [-0.15, -0.1) is 0 Å². The molecule has 0 radical (unpaired) electrons. The zero-order chi connectivity index (χ0) is 9.26. The first kappa shape index (κ1) is 8.80. The maximum atomic E-state index is 2.34. The van der Waals surface area contributed by atoms with Crippen LogP contribution in [0.15, 0.2) is 30.3 Å². The first-order valence-electron chi connectivity index (χ1n) is 5.32. The summed E-state index contributed by atoms with van der Waals surface area (Å²) in [5.74, 6) is 2.71. The summed E-state index contributed by atoms with van der Waals surface area (Å²) in [5.41, 5.74) is 1.54. The summed E-state index contributed by atoms with van der Waals surface area (Å²) in [7, 11) is 0. The third kappa shape index (κ3) is 1.77. The lowest BCUT2D eigenvalue weighted by Gasteiger charge is -2.38. The molecule has 0 N–H and O–H groups in total. The molecule has 2 rings (SSSR count). The quantitative estimate of drug-likeness (QED) is 0.639. The van der Waals surface area contributed by atoms with Crippen molar-refractivity contribution in [3.8, 4) is 0 Å². The molecule has 1 aliphatic rings. The standard InChI is InChI=1S/C13H18/c1-10(2)12-8-13(9-12)11-6-4-3-5-7-11/h3-7,10,12-13H,8-9H2,1-2H3. The van der Waals surface area contributed by atoms with Crippen molar-refractivity contribution in [3.05, 3.63) is 35.9 Å². The van der Waals surface area contributed by atoms with Crippen molar-refractivity contribution in [1.82, 2.24) is 0 Å². The van der Waals surface area contributed by atoms with Gasteiger partial charge >= 0.3 is 0 Å². The van der Waals surface area contributed by atoms with Gasteiger partial charge in [-0.2, -0.15) is 0 Å². The van der Waals surface area contributed by atoms with Crippen LogP contribution in [0.1, 0.15) is 38.2 Å². The summed E-state index contributed by atoms with van der Waals surface area (Å²) in [5, 5.41) is 0. The van der Waals surface area contributed by atoms with Crippen molar-refractivity contribution in [2.75, 3.05) is 0 Å². The van der Waals surface area contributed by atoms with Gasteiger partial charge in [0.15, 0.2) is 0 Å². The van der Waals surface area contributed by atoms with Crippen LogP contribution < -0.4 is 0 Å². The highest BCUT2D eigenvalue weighted by Gasteiger charge is 2.31. The Bertz CT molecular complexity index is 255. The van der Waals surface area contributed by atoms with Gasteiger partial charge in [-0.25, -0.2) is 0 Å². The third-order valence-corrected chi connectivity index (χ3v) is 3.39. The van der Waals surface area contributed by atoms with Gasteiger partial charge < -0.3 is 0 Å². The summed E-state index contributed by atoms with van der Waals surface area (Å²) < 4.78 is 0. The Morgan fingerprint density at radius 3 is 2.23 bits per heavy atom. The zero-order valence-electron chi connectivity index (χ0n) is 8.53. The van der Waals surface area contributed by atoms with Crippen LogP contribution in [-0.2, 0) is 0 Å². The lowest BCUT2D eigenvalue weighted by molar-refractivity contribution is 0.197. The van der Waals surface area contributed by atoms with Crippen molar-refractivity contribution in [1.29, 1.82) is 0 Å². The second kappa shape index (κ2) is 3.53. The fourth-order valence-electron chi connectivity index (χ4n) is 2.20. The lowest BCUT2D eigenvalue weighted by Crippen LogP contribution is -2.25. The second-order valence-electron chi connectivity index (χ2n) is 4.58. The van der Waals surface area contributed by atoms with Gasteiger partial charge in [-0.1, -0.05) is 44.2 Å². The van der Waals surface area contributed by atoms with Crippen LogP contribution in [0.4, 0.5) is 0 Å². The van der Waals surface area contributed by atoms with Crippen LogP contribution in [0.25, 0.3) is 0 Å². The maximum absolute atomic E-state index is 2.34. The molecule has 0 spiro atoms. The number of hydrogen-bond acceptors (Lipinski definition) is 0. The fraction of sp³-hybridized carbons (Fsp3) is 0.538. The Kier molecular flexibility index (Phi) is 2.39. The van der Waals surface area contributed by atoms with E-state index in [2.05, 4.69) is 44.2 Å². The molecule has 0 amide bonds. The van der Waals surface area contributed by atoms with E-state index in [-0.39, 0.29) is 0 Å². The summed E-state index contributed by atoms with van der Waals surface area (Å²) in [4.78, 5) is 0. The summed E-state index contributed by atoms with van der Waals surface area (Å²) in [6, 6.07) is 10.9. The molecule has 1 saturated carbocycles. The van der Waals surface area contributed by atoms with Crippen LogP contribution >= 0.6 is 0 Å². The summed E-state index contributed by atoms with van der Waals surface area (Å²) >= 11 is 0. The van der Waals surface area contributed by atoms with E-state index in [1.807, 2.05) is 0 Å². The SMILES string of the molecule is CC(C)C1CC(c2ccccc2)C1. The Labute approximate surface area is 81.0 Å². The second-order valence-corrected chi connectivity index (χ2v) is 4.58. The van der Waals surface area contributed by atoms with Gasteiger partial charge in [0.1, 0.15) is 0 Å². The summed E-state index contributed by atoms with van der Waals surface area (Å²) in [6.07, 6.45) is 2.81. The highest BCUT2D eigenvalue weighted by Crippen LogP contribution is 2.44. The minimum Gasteiger partial charge on any atom is -0.0625 e. The largest absolute Gasteiger partial charge is 0.0625 e. The van der Waals surface area contributed by atoms with Gasteiger partial charge in [-0.3, -0.25) is 0 Å². The lowest BCUT2D eigenvalue weighted by atomic mass is 9.67. The molecule has 1 fully saturated rings. The van der Waals surface area contributed by atoms with Crippen molar-refractivity contribution in [3.63, 3.8) is 0 Å². The Hall–Kier alpha value is -0.780. The first-order chi connectivity index (χ1) is 6.27. The predicted molar refractivity (Wildman–Crippen MR) is 56.7 cm³/mol. The van der Waals surface area contributed by atoms with E-state index in [0.717, 1.165) is 17.8 Å². The molecule has 0 bridgehead atoms. The Morgan fingerprint density at radius 1 is 1.08 bits per heavy atom. The Balaban J connectivity index is 1.94. The molecule has 0 atom stereocenters. The molecular formula is C13H18. The van der Waals surface area contributed by atoms with Crippen LogP contribution in [0, 0.1) is 11.8 Å². The predicted octanol–water partition coefficient (Wildman–Crippen LogP) is 3.84. The van der Waals surface area contributed by atoms with E-state index in [1.54, 1.807) is 5.56 Å². The average molecular weight is 174 g/mol. The maximum Gasteiger partial charge on any atom is -0.0156 e. The van der Waals surface area contributed by atoms with Gasteiger partial charge in [0.2, 0.25) is 0 Å². The van der Waals surface area contributed by atoms with Crippen molar-refractivity contribution < 1.29 is 0 Å². The van der Waals surface area contributed by atoms with Gasteiger partial charge in [0.05, 0.1) is 0 Å². The van der Waals surface area contributed by atoms with E-state index < -0.39 is 0 Å². The zero-order valence-corrected chi connectivity index (χ0v) is 8.53. The molecule has 0 aromatic heterocycles. The molecule has 0 heterocycles. The topological polar surface area (TPSA) is 0 Å². The fourth-order valence-corrected chi connectivity index (χ4v) is 2.20. The van der Waals surface area contributed by atoms with E-state index in [9.17, 15) is 0 Å². The highest BCUT2D eigenvalue weighted by atomic mass is 14.4. The van der Waals surface area contributed by atoms with Crippen LogP contribution in [0.2, 0.25) is 0 Å². The third-order valence-electron chi connectivity index (χ3n) is 3.39. The molecule has 1 aromatic rings. The van der Waals surface area contributed by atoms with Crippen LogP contribution in [0.3, 0.4) is 0 Å². The van der Waals surface area contributed by atoms with Crippen molar-refractivity contribution in [2.24, 2.45) is 11.8 Å². The molecule has 0 saturated heterocycles. The van der Waals surface area contributed by atoms with Crippen molar-refractivity contribution in [2.45, 2.75) is 32.6 Å². The molecule has 1 aliphatic carbocycles. The number of rotatable bonds is 2. The summed E-state index contributed by atoms with van der Waals surface area (Å²) in [6.45, 7) is 4.68. The van der Waals surface area contributed by atoms with E-state index in [0.29, 0.717) is 0 Å². The van der Waals surface area contributed by atoms with Crippen LogP contribution in [-0.4, -0.2) is 0 Å². The minimum atomic E-state index is 0.855. The van der Waals surface area contributed by atoms with E-state index in [4.69, 9.17) is 0 Å². The van der Waals surface area contributed by atoms with E-state index in [1.165, 1.54) is 12.8 Å². The minimum absolute atomic E-state index is 0.855. The molecular weight excluding hydrogens is 156 g/mol. The molecule has 13 heavy (non-hydrogen) atoms. The van der Waals surface area contributed by atoms with E-state index >= 15 is 0 Å². The number of benzene rings is 1. The van der Waals surface area contributed by atoms with Gasteiger partial charge in [0.25, 0.3) is 0 Å².